The highest BCUT2D eigenvalue weighted by Gasteiger charge is 2.23. The molecular formula is C19H25N3O2. The minimum Gasteiger partial charge on any atom is -0.338 e. The predicted octanol–water partition coefficient (Wildman–Crippen LogP) is 2.99. The van der Waals surface area contributed by atoms with Gasteiger partial charge in [-0.25, -0.2) is 4.98 Å². The van der Waals surface area contributed by atoms with Gasteiger partial charge in [-0.15, -0.1) is 0 Å². The molecule has 0 radical (unpaired) electrons. The second-order valence-corrected chi connectivity index (χ2v) is 6.62. The topological polar surface area (TPSA) is 55.2 Å². The lowest BCUT2D eigenvalue weighted by Crippen LogP contribution is -2.39. The summed E-state index contributed by atoms with van der Waals surface area (Å²) >= 11 is 0. The second-order valence-electron chi connectivity index (χ2n) is 6.62. The summed E-state index contributed by atoms with van der Waals surface area (Å²) in [6, 6.07) is 5.50. The summed E-state index contributed by atoms with van der Waals surface area (Å²) in [4.78, 5) is 31.4. The Morgan fingerprint density at radius 3 is 2.83 bits per heavy atom. The van der Waals surface area contributed by atoms with Crippen LogP contribution in [0.4, 0.5) is 0 Å². The monoisotopic (exact) mass is 327 g/mol. The van der Waals surface area contributed by atoms with Crippen LogP contribution in [-0.4, -0.2) is 33.4 Å². The fourth-order valence-electron chi connectivity index (χ4n) is 3.59. The third-order valence-electron chi connectivity index (χ3n) is 5.06. The molecular weight excluding hydrogens is 302 g/mol. The summed E-state index contributed by atoms with van der Waals surface area (Å²) in [5.41, 5.74) is 2.56. The van der Waals surface area contributed by atoms with Gasteiger partial charge in [-0.05, 0) is 50.8 Å². The molecule has 0 N–H and O–H groups in total. The van der Waals surface area contributed by atoms with Crippen molar-refractivity contribution in [3.8, 4) is 0 Å². The van der Waals surface area contributed by atoms with E-state index in [2.05, 4.69) is 11.9 Å². The Morgan fingerprint density at radius 2 is 2.12 bits per heavy atom. The molecule has 2 heterocycles. The van der Waals surface area contributed by atoms with Crippen LogP contribution in [-0.2, 0) is 6.54 Å². The number of hydrogen-bond donors (Lipinski definition) is 0. The first kappa shape index (κ1) is 16.7. The quantitative estimate of drug-likeness (QED) is 0.871. The lowest BCUT2D eigenvalue weighted by atomic mass is 9.95. The van der Waals surface area contributed by atoms with Crippen LogP contribution in [0.15, 0.2) is 23.0 Å². The van der Waals surface area contributed by atoms with E-state index in [4.69, 9.17) is 0 Å². The van der Waals surface area contributed by atoms with Crippen molar-refractivity contribution < 1.29 is 4.79 Å². The van der Waals surface area contributed by atoms with Gasteiger partial charge in [0, 0.05) is 25.2 Å². The lowest BCUT2D eigenvalue weighted by molar-refractivity contribution is 0.0671. The maximum Gasteiger partial charge on any atom is 0.272 e. The van der Waals surface area contributed by atoms with Crippen LogP contribution in [0.1, 0.15) is 49.2 Å². The average Bonchev–Trinajstić information content (AvgIpc) is 2.62. The van der Waals surface area contributed by atoms with Crippen LogP contribution in [0.2, 0.25) is 0 Å². The smallest absolute Gasteiger partial charge is 0.272 e. The van der Waals surface area contributed by atoms with E-state index in [1.807, 2.05) is 30.0 Å². The summed E-state index contributed by atoms with van der Waals surface area (Å²) in [5, 5.41) is 0. The number of hydrogen-bond acceptors (Lipinski definition) is 3. The van der Waals surface area contributed by atoms with Crippen molar-refractivity contribution in [2.75, 3.05) is 13.1 Å². The number of carbonyl (C=O) groups excluding carboxylic acids is 1. The van der Waals surface area contributed by atoms with Gasteiger partial charge in [0.25, 0.3) is 11.5 Å². The van der Waals surface area contributed by atoms with Gasteiger partial charge < -0.3 is 9.47 Å². The van der Waals surface area contributed by atoms with Gasteiger partial charge in [-0.3, -0.25) is 9.59 Å². The summed E-state index contributed by atoms with van der Waals surface area (Å²) in [6.45, 7) is 8.11. The van der Waals surface area contributed by atoms with Crippen molar-refractivity contribution in [2.24, 2.45) is 5.92 Å². The van der Waals surface area contributed by atoms with Crippen molar-refractivity contribution in [1.29, 1.82) is 0 Å². The molecule has 3 rings (SSSR count). The highest BCUT2D eigenvalue weighted by atomic mass is 16.2. The standard InChI is InChI=1S/C19H25N3O2/c1-4-14-7-6-10-21(12-14)19(24)15-8-9-17-16(11-15)20-13(3)18(23)22(17)5-2/h8-9,11,14H,4-7,10,12H2,1-3H3/t14-/m0/s1. The van der Waals surface area contributed by atoms with Crippen molar-refractivity contribution in [2.45, 2.75) is 46.6 Å². The fraction of sp³-hybridized carbons (Fsp3) is 0.526. The molecule has 24 heavy (non-hydrogen) atoms. The van der Waals surface area contributed by atoms with E-state index in [1.54, 1.807) is 11.5 Å². The first-order chi connectivity index (χ1) is 11.5. The molecule has 1 saturated heterocycles. The molecule has 1 aromatic heterocycles. The summed E-state index contributed by atoms with van der Waals surface area (Å²) in [6.07, 6.45) is 3.40. The lowest BCUT2D eigenvalue weighted by Gasteiger charge is -2.32. The minimum absolute atomic E-state index is 0.0640. The number of rotatable bonds is 3. The third kappa shape index (κ3) is 2.95. The van der Waals surface area contributed by atoms with Crippen molar-refractivity contribution >= 4 is 16.9 Å². The second kappa shape index (κ2) is 6.75. The summed E-state index contributed by atoms with van der Waals surface area (Å²) in [7, 11) is 0. The highest BCUT2D eigenvalue weighted by Crippen LogP contribution is 2.22. The van der Waals surface area contributed by atoms with Crippen LogP contribution in [0.25, 0.3) is 11.0 Å². The number of aromatic nitrogens is 2. The molecule has 5 nitrogen and oxygen atoms in total. The molecule has 5 heteroatoms. The van der Waals surface area contributed by atoms with Gasteiger partial charge in [-0.1, -0.05) is 13.3 Å². The number of piperidine rings is 1. The van der Waals surface area contributed by atoms with E-state index in [0.29, 0.717) is 29.2 Å². The van der Waals surface area contributed by atoms with Crippen LogP contribution in [0, 0.1) is 12.8 Å². The van der Waals surface area contributed by atoms with Gasteiger partial charge in [0.1, 0.15) is 5.69 Å². The molecule has 128 valence electrons. The molecule has 2 aromatic rings. The Balaban J connectivity index is 1.97. The average molecular weight is 327 g/mol. The van der Waals surface area contributed by atoms with Gasteiger partial charge >= 0.3 is 0 Å². The zero-order valence-corrected chi connectivity index (χ0v) is 14.7. The summed E-state index contributed by atoms with van der Waals surface area (Å²) in [5.74, 6) is 0.678. The van der Waals surface area contributed by atoms with E-state index in [-0.39, 0.29) is 11.5 Å². The third-order valence-corrected chi connectivity index (χ3v) is 5.06. The molecule has 0 spiro atoms. The van der Waals surface area contributed by atoms with Crippen molar-refractivity contribution in [3.63, 3.8) is 0 Å². The number of carbonyl (C=O) groups is 1. The SMILES string of the molecule is CC[C@H]1CCCN(C(=O)c2ccc3c(c2)nc(C)c(=O)n3CC)C1. The predicted molar refractivity (Wildman–Crippen MR) is 95.3 cm³/mol. The van der Waals surface area contributed by atoms with E-state index in [9.17, 15) is 9.59 Å². The molecule has 0 bridgehead atoms. The first-order valence-electron chi connectivity index (χ1n) is 8.85. The maximum absolute atomic E-state index is 12.8. The molecule has 0 aliphatic carbocycles. The van der Waals surface area contributed by atoms with E-state index in [1.165, 1.54) is 6.42 Å². The van der Waals surface area contributed by atoms with E-state index in [0.717, 1.165) is 31.4 Å². The Morgan fingerprint density at radius 1 is 1.33 bits per heavy atom. The number of likely N-dealkylation sites (tertiary alicyclic amines) is 1. The normalized spacial score (nSPS) is 18.1. The number of aryl methyl sites for hydroxylation is 2. The molecule has 1 aromatic carbocycles. The molecule has 0 saturated carbocycles. The van der Waals surface area contributed by atoms with Crippen LogP contribution in [0.5, 0.6) is 0 Å². The Labute approximate surface area is 142 Å². The van der Waals surface area contributed by atoms with Crippen molar-refractivity contribution in [3.05, 3.63) is 39.8 Å². The molecule has 1 fully saturated rings. The Hall–Kier alpha value is -2.17. The molecule has 1 atom stereocenters. The van der Waals surface area contributed by atoms with Gasteiger partial charge in [0.2, 0.25) is 0 Å². The van der Waals surface area contributed by atoms with Gasteiger partial charge in [0.15, 0.2) is 0 Å². The van der Waals surface area contributed by atoms with Gasteiger partial charge in [-0.2, -0.15) is 0 Å². The van der Waals surface area contributed by atoms with E-state index < -0.39 is 0 Å². The van der Waals surface area contributed by atoms with Crippen LogP contribution in [0.3, 0.4) is 0 Å². The van der Waals surface area contributed by atoms with Gasteiger partial charge in [0.05, 0.1) is 11.0 Å². The van der Waals surface area contributed by atoms with Crippen LogP contribution >= 0.6 is 0 Å². The van der Waals surface area contributed by atoms with Crippen LogP contribution < -0.4 is 5.56 Å². The number of nitrogens with zero attached hydrogens (tertiary/aromatic N) is 3. The number of fused-ring (bicyclic) bond motifs is 1. The maximum atomic E-state index is 12.8. The fourth-order valence-corrected chi connectivity index (χ4v) is 3.59. The van der Waals surface area contributed by atoms with E-state index >= 15 is 0 Å². The largest absolute Gasteiger partial charge is 0.338 e. The highest BCUT2D eigenvalue weighted by molar-refractivity contribution is 5.97. The Bertz CT molecular complexity index is 825. The number of benzene rings is 1. The summed E-state index contributed by atoms with van der Waals surface area (Å²) < 4.78 is 1.71. The minimum atomic E-state index is -0.0640. The zero-order valence-electron chi connectivity index (χ0n) is 14.7. The zero-order chi connectivity index (χ0) is 17.3. The Kier molecular flexibility index (Phi) is 4.69. The molecule has 1 aliphatic heterocycles. The number of amides is 1. The molecule has 1 aliphatic rings. The molecule has 1 amide bonds. The van der Waals surface area contributed by atoms with Crippen molar-refractivity contribution in [1.82, 2.24) is 14.5 Å². The molecule has 0 unspecified atom stereocenters. The first-order valence-corrected chi connectivity index (χ1v) is 8.85.